The molecular weight excluding hydrogens is 458 g/mol. The molecular formula is C28H41N3O5. The molecule has 4 aliphatic rings. The molecule has 1 heterocycles. The van der Waals surface area contributed by atoms with E-state index in [1.807, 2.05) is 6.07 Å². The highest BCUT2D eigenvalue weighted by Gasteiger charge is 2.67. The molecule has 0 saturated heterocycles. The minimum absolute atomic E-state index is 0.0617. The maximum absolute atomic E-state index is 12.5. The zero-order valence-electron chi connectivity index (χ0n) is 21.5. The maximum atomic E-state index is 12.5. The Morgan fingerprint density at radius 2 is 1.89 bits per heavy atom. The Hall–Kier alpha value is -2.19. The van der Waals surface area contributed by atoms with E-state index in [1.54, 1.807) is 6.26 Å². The fourth-order valence-electron chi connectivity index (χ4n) is 9.08. The van der Waals surface area contributed by atoms with Crippen LogP contribution < -0.4 is 22.4 Å². The summed E-state index contributed by atoms with van der Waals surface area (Å²) in [6.45, 7) is 4.66. The van der Waals surface area contributed by atoms with Crippen LogP contribution in [-0.4, -0.2) is 34.6 Å². The van der Waals surface area contributed by atoms with Crippen LogP contribution in [0.15, 0.2) is 27.6 Å². The first-order valence-electron chi connectivity index (χ1n) is 13.6. The van der Waals surface area contributed by atoms with Crippen LogP contribution in [0.4, 0.5) is 0 Å². The number of primary amides is 1. The van der Waals surface area contributed by atoms with Crippen LogP contribution in [0.3, 0.4) is 0 Å². The number of aliphatic hydroxyl groups is 1. The molecule has 8 heteroatoms. The molecule has 2 amide bonds. The van der Waals surface area contributed by atoms with Gasteiger partial charge in [0.25, 0.3) is 0 Å². The normalized spacial score (nSPS) is 42.5. The molecule has 4 saturated carbocycles. The van der Waals surface area contributed by atoms with E-state index in [0.717, 1.165) is 63.4 Å². The summed E-state index contributed by atoms with van der Waals surface area (Å²) in [6, 6.07) is 2.53. The Balaban J connectivity index is 1.31. The molecule has 5 rings (SSSR count). The minimum Gasteiger partial charge on any atom is -0.431 e. The summed E-state index contributed by atoms with van der Waals surface area (Å²) in [7, 11) is 0. The van der Waals surface area contributed by atoms with Crippen LogP contribution in [0.1, 0.15) is 89.5 Å². The first-order valence-corrected chi connectivity index (χ1v) is 13.6. The second kappa shape index (κ2) is 8.98. The van der Waals surface area contributed by atoms with Gasteiger partial charge in [0.2, 0.25) is 11.8 Å². The summed E-state index contributed by atoms with van der Waals surface area (Å²) in [5.41, 5.74) is 10.9. The van der Waals surface area contributed by atoms with Crippen molar-refractivity contribution in [2.45, 2.75) is 102 Å². The van der Waals surface area contributed by atoms with E-state index < -0.39 is 17.6 Å². The van der Waals surface area contributed by atoms with Crippen molar-refractivity contribution in [3.63, 3.8) is 0 Å². The van der Waals surface area contributed by atoms with E-state index in [1.165, 1.54) is 6.07 Å². The van der Waals surface area contributed by atoms with Crippen molar-refractivity contribution in [2.24, 2.45) is 40.1 Å². The summed E-state index contributed by atoms with van der Waals surface area (Å²) >= 11 is 0. The summed E-state index contributed by atoms with van der Waals surface area (Å²) in [6.07, 6.45) is 10.0. The lowest BCUT2D eigenvalue weighted by molar-refractivity contribution is -0.202. The highest BCUT2D eigenvalue weighted by molar-refractivity contribution is 5.87. The van der Waals surface area contributed by atoms with Gasteiger partial charge >= 0.3 is 5.63 Å². The maximum Gasteiger partial charge on any atom is 0.335 e. The van der Waals surface area contributed by atoms with Crippen molar-refractivity contribution >= 4 is 11.8 Å². The predicted molar refractivity (Wildman–Crippen MR) is 135 cm³/mol. The quantitative estimate of drug-likeness (QED) is 0.489. The molecule has 1 aromatic heterocycles. The predicted octanol–water partition coefficient (Wildman–Crippen LogP) is 2.57. The highest BCUT2D eigenvalue weighted by Crippen LogP contribution is 2.70. The highest BCUT2D eigenvalue weighted by atomic mass is 16.4. The smallest absolute Gasteiger partial charge is 0.335 e. The Morgan fingerprint density at radius 3 is 2.58 bits per heavy atom. The van der Waals surface area contributed by atoms with E-state index in [0.29, 0.717) is 11.8 Å². The monoisotopic (exact) mass is 499 g/mol. The number of carbonyl (C=O) groups is 2. The third-order valence-electron chi connectivity index (χ3n) is 11.1. The molecule has 9 atom stereocenters. The number of hydrogen-bond acceptors (Lipinski definition) is 6. The third kappa shape index (κ3) is 3.92. The van der Waals surface area contributed by atoms with Crippen molar-refractivity contribution < 1.29 is 19.1 Å². The topological polar surface area (TPSA) is 149 Å². The minimum atomic E-state index is -0.898. The lowest BCUT2D eigenvalue weighted by Crippen LogP contribution is -2.62. The molecule has 4 aliphatic carbocycles. The van der Waals surface area contributed by atoms with Gasteiger partial charge in [0.05, 0.1) is 24.3 Å². The van der Waals surface area contributed by atoms with Crippen molar-refractivity contribution in [3.05, 3.63) is 34.4 Å². The van der Waals surface area contributed by atoms with E-state index in [9.17, 15) is 19.5 Å². The fraction of sp³-hybridized carbons (Fsp3) is 0.750. The number of amides is 2. The van der Waals surface area contributed by atoms with Crippen LogP contribution in [0, 0.1) is 28.6 Å². The van der Waals surface area contributed by atoms with Crippen molar-refractivity contribution in [1.82, 2.24) is 5.32 Å². The van der Waals surface area contributed by atoms with Gasteiger partial charge < -0.3 is 26.3 Å². The average Bonchev–Trinajstić information content (AvgIpc) is 3.10. The molecule has 0 radical (unpaired) electrons. The summed E-state index contributed by atoms with van der Waals surface area (Å²) in [5.74, 6) is 0.518. The number of nitrogens with one attached hydrogen (secondary N) is 1. The largest absolute Gasteiger partial charge is 0.431 e. The molecule has 0 aliphatic heterocycles. The number of fused-ring (bicyclic) bond motifs is 5. The van der Waals surface area contributed by atoms with Gasteiger partial charge in [-0.2, -0.15) is 0 Å². The Kier molecular flexibility index (Phi) is 6.35. The number of hydrogen-bond donors (Lipinski definition) is 4. The SMILES string of the molecule is C[C@]12CC[C@H](NC(=O)[C@H](N)CC(N)=O)C[C@H]1CC[C@@H]1[C@@H]2CC[C@]2(C)[C@@H](c3ccc(=O)oc3)CC[C@]12O. The van der Waals surface area contributed by atoms with Crippen LogP contribution in [-0.2, 0) is 9.59 Å². The van der Waals surface area contributed by atoms with Gasteiger partial charge in [0, 0.05) is 17.5 Å². The summed E-state index contributed by atoms with van der Waals surface area (Å²) < 4.78 is 5.19. The Bertz CT molecular complexity index is 1070. The molecule has 1 aromatic rings. The number of nitrogens with two attached hydrogens (primary N) is 2. The molecule has 8 nitrogen and oxygen atoms in total. The third-order valence-corrected chi connectivity index (χ3v) is 11.1. The van der Waals surface area contributed by atoms with Crippen molar-refractivity contribution in [1.29, 1.82) is 0 Å². The van der Waals surface area contributed by atoms with Crippen LogP contribution >= 0.6 is 0 Å². The van der Waals surface area contributed by atoms with Gasteiger partial charge in [-0.05, 0) is 98.5 Å². The van der Waals surface area contributed by atoms with Crippen LogP contribution in [0.5, 0.6) is 0 Å². The zero-order chi connectivity index (χ0) is 25.9. The van der Waals surface area contributed by atoms with Gasteiger partial charge in [-0.15, -0.1) is 0 Å². The molecule has 4 fully saturated rings. The lowest BCUT2D eigenvalue weighted by atomic mass is 9.43. The first-order chi connectivity index (χ1) is 17.0. The number of carbonyl (C=O) groups excluding carboxylic acids is 2. The van der Waals surface area contributed by atoms with Gasteiger partial charge in [0.15, 0.2) is 0 Å². The Labute approximate surface area is 212 Å². The van der Waals surface area contributed by atoms with Crippen molar-refractivity contribution in [3.8, 4) is 0 Å². The second-order valence-electron chi connectivity index (χ2n) is 12.6. The zero-order valence-corrected chi connectivity index (χ0v) is 21.5. The summed E-state index contributed by atoms with van der Waals surface area (Å²) in [4.78, 5) is 35.1. The number of rotatable bonds is 5. The molecule has 0 aromatic carbocycles. The van der Waals surface area contributed by atoms with E-state index >= 15 is 0 Å². The van der Waals surface area contributed by atoms with E-state index in [-0.39, 0.29) is 46.7 Å². The second-order valence-corrected chi connectivity index (χ2v) is 12.6. The summed E-state index contributed by atoms with van der Waals surface area (Å²) in [5, 5.41) is 15.4. The fourth-order valence-corrected chi connectivity index (χ4v) is 9.08. The molecule has 0 spiro atoms. The van der Waals surface area contributed by atoms with Gasteiger partial charge in [0.1, 0.15) is 0 Å². The van der Waals surface area contributed by atoms with Crippen LogP contribution in [0.2, 0.25) is 0 Å². The molecule has 36 heavy (non-hydrogen) atoms. The molecule has 0 bridgehead atoms. The van der Waals surface area contributed by atoms with Crippen LogP contribution in [0.25, 0.3) is 0 Å². The molecule has 198 valence electrons. The van der Waals surface area contributed by atoms with Gasteiger partial charge in [-0.1, -0.05) is 13.8 Å². The first kappa shape index (κ1) is 25.5. The molecule has 6 N–H and O–H groups in total. The van der Waals surface area contributed by atoms with E-state index in [4.69, 9.17) is 15.9 Å². The molecule has 0 unspecified atom stereocenters. The van der Waals surface area contributed by atoms with Gasteiger partial charge in [-0.3, -0.25) is 9.59 Å². The lowest BCUT2D eigenvalue weighted by Gasteiger charge is -2.63. The average molecular weight is 500 g/mol. The van der Waals surface area contributed by atoms with Crippen molar-refractivity contribution in [2.75, 3.05) is 0 Å². The van der Waals surface area contributed by atoms with E-state index in [2.05, 4.69) is 19.2 Å². The Morgan fingerprint density at radius 1 is 1.11 bits per heavy atom. The standard InChI is InChI=1S/C28H41N3O5/c1-26-10-7-18(31-25(34)22(29)14-23(30)32)13-17(26)4-5-21-20(26)8-11-27(2)19(9-12-28(21,27)35)16-3-6-24(33)36-15-16/h3,6,15,17-22,35H,4-5,7-14,29H2,1-2H3,(H2,30,32)(H,31,34)/t17-,18+,19-,20+,21-,22-,26+,27-,28+/m1/s1. The van der Waals surface area contributed by atoms with Gasteiger partial charge in [-0.25, -0.2) is 4.79 Å².